The van der Waals surface area contributed by atoms with E-state index in [0.29, 0.717) is 12.1 Å². The van der Waals surface area contributed by atoms with Gasteiger partial charge in [0.25, 0.3) is 0 Å². The molecule has 1 N–H and O–H groups in total. The molecular weight excluding hydrogens is 238 g/mol. The number of rotatable bonds is 6. The lowest BCUT2D eigenvalue weighted by Crippen LogP contribution is -2.04. The number of aryl methyl sites for hydroxylation is 1. The van der Waals surface area contributed by atoms with Gasteiger partial charge < -0.3 is 9.62 Å². The molecule has 0 bridgehead atoms. The summed E-state index contributed by atoms with van der Waals surface area (Å²) in [7, 11) is 0. The molecule has 3 nitrogen and oxygen atoms in total. The fourth-order valence-electron chi connectivity index (χ4n) is 1.99. The lowest BCUT2D eigenvalue weighted by molar-refractivity contribution is 0.317. The van der Waals surface area contributed by atoms with Crippen molar-refractivity contribution in [2.45, 2.75) is 32.6 Å². The highest BCUT2D eigenvalue weighted by Crippen LogP contribution is 2.14. The molecule has 2 rings (SSSR count). The van der Waals surface area contributed by atoms with E-state index in [1.165, 1.54) is 0 Å². The van der Waals surface area contributed by atoms with Crippen molar-refractivity contribution in [2.24, 2.45) is 5.16 Å². The monoisotopic (exact) mass is 257 g/mol. The Balaban J connectivity index is 2.05. The largest absolute Gasteiger partial charge is 0.466 e. The quantitative estimate of drug-likeness (QED) is 0.482. The fourth-order valence-corrected chi connectivity index (χ4v) is 1.99. The van der Waals surface area contributed by atoms with E-state index in [2.05, 4.69) is 12.1 Å². The molecule has 0 atom stereocenters. The van der Waals surface area contributed by atoms with E-state index in [4.69, 9.17) is 9.62 Å². The maximum absolute atomic E-state index is 9.14. The second kappa shape index (κ2) is 6.78. The average molecular weight is 257 g/mol. The van der Waals surface area contributed by atoms with Gasteiger partial charge in [0.1, 0.15) is 11.5 Å². The zero-order valence-corrected chi connectivity index (χ0v) is 11.2. The molecular formula is C16H19NO2. The van der Waals surface area contributed by atoms with Crippen molar-refractivity contribution in [1.29, 1.82) is 0 Å². The van der Waals surface area contributed by atoms with Gasteiger partial charge in [-0.15, -0.1) is 0 Å². The van der Waals surface area contributed by atoms with Crippen molar-refractivity contribution in [1.82, 2.24) is 0 Å². The second-order valence-corrected chi connectivity index (χ2v) is 4.56. The molecule has 1 aromatic carbocycles. The predicted molar refractivity (Wildman–Crippen MR) is 75.8 cm³/mol. The van der Waals surface area contributed by atoms with Gasteiger partial charge in [-0.2, -0.15) is 0 Å². The molecule has 1 heterocycles. The van der Waals surface area contributed by atoms with Gasteiger partial charge in [0.2, 0.25) is 0 Å². The Morgan fingerprint density at radius 1 is 1.11 bits per heavy atom. The SMILES string of the molecule is CCCCc1ccc(CC(=NO)c2ccccc2)o1. The van der Waals surface area contributed by atoms with E-state index in [9.17, 15) is 0 Å². The number of unbranched alkanes of at least 4 members (excludes halogenated alkanes) is 1. The highest BCUT2D eigenvalue weighted by molar-refractivity contribution is 6.01. The van der Waals surface area contributed by atoms with Crippen molar-refractivity contribution in [2.75, 3.05) is 0 Å². The molecule has 0 aliphatic rings. The van der Waals surface area contributed by atoms with Gasteiger partial charge in [0.15, 0.2) is 0 Å². The van der Waals surface area contributed by atoms with Crippen LogP contribution in [0.3, 0.4) is 0 Å². The molecule has 3 heteroatoms. The van der Waals surface area contributed by atoms with Crippen LogP contribution in [0.4, 0.5) is 0 Å². The topological polar surface area (TPSA) is 45.7 Å². The van der Waals surface area contributed by atoms with E-state index in [0.717, 1.165) is 36.3 Å². The van der Waals surface area contributed by atoms with Crippen LogP contribution in [0.15, 0.2) is 52.0 Å². The summed E-state index contributed by atoms with van der Waals surface area (Å²) in [5, 5.41) is 12.5. The third-order valence-electron chi connectivity index (χ3n) is 3.06. The van der Waals surface area contributed by atoms with E-state index in [-0.39, 0.29) is 0 Å². The van der Waals surface area contributed by atoms with Crippen molar-refractivity contribution in [3.63, 3.8) is 0 Å². The van der Waals surface area contributed by atoms with Gasteiger partial charge in [-0.3, -0.25) is 0 Å². The molecule has 0 spiro atoms. The molecule has 100 valence electrons. The van der Waals surface area contributed by atoms with E-state index < -0.39 is 0 Å². The Morgan fingerprint density at radius 3 is 2.53 bits per heavy atom. The van der Waals surface area contributed by atoms with Crippen molar-refractivity contribution in [3.05, 3.63) is 59.5 Å². The van der Waals surface area contributed by atoms with Crippen LogP contribution in [-0.4, -0.2) is 10.9 Å². The van der Waals surface area contributed by atoms with Crippen LogP contribution in [0.1, 0.15) is 36.8 Å². The van der Waals surface area contributed by atoms with Crippen molar-refractivity contribution in [3.8, 4) is 0 Å². The summed E-state index contributed by atoms with van der Waals surface area (Å²) in [6, 6.07) is 13.6. The van der Waals surface area contributed by atoms with Crippen LogP contribution in [0.2, 0.25) is 0 Å². The molecule has 0 unspecified atom stereocenters. The van der Waals surface area contributed by atoms with Crippen LogP contribution < -0.4 is 0 Å². The van der Waals surface area contributed by atoms with Gasteiger partial charge in [0.05, 0.1) is 12.1 Å². The number of hydrogen-bond donors (Lipinski definition) is 1. The summed E-state index contributed by atoms with van der Waals surface area (Å²) < 4.78 is 5.75. The van der Waals surface area contributed by atoms with Crippen LogP contribution >= 0.6 is 0 Å². The minimum atomic E-state index is 0.507. The number of nitrogens with zero attached hydrogens (tertiary/aromatic N) is 1. The van der Waals surface area contributed by atoms with Gasteiger partial charge >= 0.3 is 0 Å². The first-order valence-corrected chi connectivity index (χ1v) is 6.67. The molecule has 0 aliphatic carbocycles. The zero-order chi connectivity index (χ0) is 13.5. The summed E-state index contributed by atoms with van der Waals surface area (Å²) in [6.07, 6.45) is 3.76. The Morgan fingerprint density at radius 2 is 1.84 bits per heavy atom. The second-order valence-electron chi connectivity index (χ2n) is 4.56. The summed E-state index contributed by atoms with van der Waals surface area (Å²) in [5.74, 6) is 1.84. The first-order chi connectivity index (χ1) is 9.33. The number of hydrogen-bond acceptors (Lipinski definition) is 3. The molecule has 0 saturated heterocycles. The molecule has 0 amide bonds. The average Bonchev–Trinajstić information content (AvgIpc) is 2.91. The Bertz CT molecular complexity index is 529. The number of benzene rings is 1. The first-order valence-electron chi connectivity index (χ1n) is 6.67. The van der Waals surface area contributed by atoms with E-state index in [1.807, 2.05) is 42.5 Å². The normalized spacial score (nSPS) is 11.7. The predicted octanol–water partition coefficient (Wildman–Crippen LogP) is 4.04. The van der Waals surface area contributed by atoms with Crippen LogP contribution in [-0.2, 0) is 12.8 Å². The minimum Gasteiger partial charge on any atom is -0.466 e. The molecule has 19 heavy (non-hydrogen) atoms. The molecule has 2 aromatic rings. The Hall–Kier alpha value is -2.03. The standard InChI is InChI=1S/C16H19NO2/c1-2-3-9-14-10-11-15(19-14)12-16(17-18)13-7-5-4-6-8-13/h4-8,10-11,18H,2-3,9,12H2,1H3. The van der Waals surface area contributed by atoms with Crippen molar-refractivity contribution < 1.29 is 9.62 Å². The molecule has 0 radical (unpaired) electrons. The number of furan rings is 1. The highest BCUT2D eigenvalue weighted by Gasteiger charge is 2.09. The van der Waals surface area contributed by atoms with Crippen molar-refractivity contribution >= 4 is 5.71 Å². The van der Waals surface area contributed by atoms with Gasteiger partial charge in [-0.05, 0) is 24.1 Å². The van der Waals surface area contributed by atoms with Crippen LogP contribution in [0.25, 0.3) is 0 Å². The lowest BCUT2D eigenvalue weighted by atomic mass is 10.1. The number of oxime groups is 1. The van der Waals surface area contributed by atoms with Crippen LogP contribution in [0.5, 0.6) is 0 Å². The molecule has 0 fully saturated rings. The molecule has 0 aliphatic heterocycles. The molecule has 0 saturated carbocycles. The van der Waals surface area contributed by atoms with Gasteiger partial charge in [0, 0.05) is 6.42 Å². The Kier molecular flexibility index (Phi) is 4.78. The van der Waals surface area contributed by atoms with E-state index >= 15 is 0 Å². The van der Waals surface area contributed by atoms with Gasteiger partial charge in [-0.25, -0.2) is 0 Å². The first kappa shape index (κ1) is 13.4. The fraction of sp³-hybridized carbons (Fsp3) is 0.312. The van der Waals surface area contributed by atoms with Gasteiger partial charge in [-0.1, -0.05) is 48.8 Å². The summed E-state index contributed by atoms with van der Waals surface area (Å²) in [5.41, 5.74) is 1.54. The third-order valence-corrected chi connectivity index (χ3v) is 3.06. The Labute approximate surface area is 113 Å². The third kappa shape index (κ3) is 3.71. The summed E-state index contributed by atoms with van der Waals surface area (Å²) in [4.78, 5) is 0. The van der Waals surface area contributed by atoms with Crippen LogP contribution in [0, 0.1) is 0 Å². The maximum atomic E-state index is 9.14. The zero-order valence-electron chi connectivity index (χ0n) is 11.2. The van der Waals surface area contributed by atoms with E-state index in [1.54, 1.807) is 0 Å². The smallest absolute Gasteiger partial charge is 0.110 e. The maximum Gasteiger partial charge on any atom is 0.110 e. The lowest BCUT2D eigenvalue weighted by Gasteiger charge is -2.02. The summed E-state index contributed by atoms with van der Waals surface area (Å²) in [6.45, 7) is 2.16. The molecule has 1 aromatic heterocycles. The highest BCUT2D eigenvalue weighted by atomic mass is 16.4. The minimum absolute atomic E-state index is 0.507. The summed E-state index contributed by atoms with van der Waals surface area (Å²) >= 11 is 0.